The van der Waals surface area contributed by atoms with Gasteiger partial charge in [0.2, 0.25) is 11.7 Å². The zero-order chi connectivity index (χ0) is 14.2. The number of rotatable bonds is 1. The highest BCUT2D eigenvalue weighted by molar-refractivity contribution is 9.10. The molecule has 6 nitrogen and oxygen atoms in total. The molecule has 2 N–H and O–H groups in total. The molecule has 0 aliphatic heterocycles. The van der Waals surface area contributed by atoms with Crippen molar-refractivity contribution in [2.24, 2.45) is 0 Å². The summed E-state index contributed by atoms with van der Waals surface area (Å²) in [5, 5.41) is 18.5. The van der Waals surface area contributed by atoms with Crippen molar-refractivity contribution in [3.63, 3.8) is 0 Å². The fourth-order valence-electron chi connectivity index (χ4n) is 1.52. The second-order valence-electron chi connectivity index (χ2n) is 3.51. The molecule has 0 spiro atoms. The number of H-pyrrole nitrogens is 1. The molecule has 19 heavy (non-hydrogen) atoms. The van der Waals surface area contributed by atoms with E-state index >= 15 is 0 Å². The van der Waals surface area contributed by atoms with E-state index in [2.05, 4.69) is 15.9 Å². The molecule has 0 fully saturated rings. The van der Waals surface area contributed by atoms with Crippen molar-refractivity contribution in [1.82, 2.24) is 9.55 Å². The number of nitrogens with one attached hydrogen (secondary N) is 1. The van der Waals surface area contributed by atoms with Crippen molar-refractivity contribution < 1.29 is 9.50 Å². The molecule has 0 amide bonds. The predicted octanol–water partition coefficient (Wildman–Crippen LogP) is 1.00. The summed E-state index contributed by atoms with van der Waals surface area (Å²) in [6.45, 7) is 0. The molecule has 0 atom stereocenters. The third-order valence-electron chi connectivity index (χ3n) is 2.35. The molecule has 0 saturated carbocycles. The fourth-order valence-corrected chi connectivity index (χ4v) is 1.88. The molecule has 0 saturated heterocycles. The van der Waals surface area contributed by atoms with Crippen LogP contribution in [0.3, 0.4) is 0 Å². The monoisotopic (exact) mass is 325 g/mol. The van der Waals surface area contributed by atoms with Crippen LogP contribution in [-0.2, 0) is 0 Å². The first kappa shape index (κ1) is 13.0. The van der Waals surface area contributed by atoms with Crippen LogP contribution in [0.1, 0.15) is 5.56 Å². The lowest BCUT2D eigenvalue weighted by atomic mass is 10.2. The van der Waals surface area contributed by atoms with Gasteiger partial charge in [-0.3, -0.25) is 9.78 Å². The lowest BCUT2D eigenvalue weighted by molar-refractivity contribution is 0.386. The number of benzene rings is 1. The fraction of sp³-hybridized carbons (Fsp3) is 0. The highest BCUT2D eigenvalue weighted by atomic mass is 79.9. The van der Waals surface area contributed by atoms with Crippen molar-refractivity contribution in [3.8, 4) is 17.6 Å². The Hall–Kier alpha value is -2.40. The van der Waals surface area contributed by atoms with Crippen LogP contribution in [0.25, 0.3) is 5.69 Å². The summed E-state index contributed by atoms with van der Waals surface area (Å²) in [4.78, 5) is 24.3. The molecule has 1 aromatic carbocycles. The van der Waals surface area contributed by atoms with Crippen LogP contribution in [0.15, 0.2) is 32.3 Å². The third kappa shape index (κ3) is 2.15. The van der Waals surface area contributed by atoms with Crippen molar-refractivity contribution in [2.45, 2.75) is 0 Å². The van der Waals surface area contributed by atoms with E-state index in [1.165, 1.54) is 18.2 Å². The van der Waals surface area contributed by atoms with E-state index in [-0.39, 0.29) is 11.3 Å². The van der Waals surface area contributed by atoms with E-state index in [1.807, 2.05) is 6.07 Å². The molecule has 0 aliphatic carbocycles. The van der Waals surface area contributed by atoms with Crippen LogP contribution in [0.4, 0.5) is 4.39 Å². The molecular weight excluding hydrogens is 321 g/mol. The number of aromatic nitrogens is 2. The summed E-state index contributed by atoms with van der Waals surface area (Å²) < 4.78 is 14.4. The van der Waals surface area contributed by atoms with Gasteiger partial charge < -0.3 is 5.11 Å². The molecule has 0 aliphatic rings. The van der Waals surface area contributed by atoms with Crippen LogP contribution in [0, 0.1) is 17.1 Å². The molecule has 0 unspecified atom stereocenters. The van der Waals surface area contributed by atoms with E-state index in [1.54, 1.807) is 4.98 Å². The molecular formula is C11H5BrFN3O3. The van der Waals surface area contributed by atoms with Crippen LogP contribution in [0.2, 0.25) is 0 Å². The Balaban J connectivity index is 2.89. The Kier molecular flexibility index (Phi) is 3.23. The average molecular weight is 326 g/mol. The molecule has 1 aromatic heterocycles. The van der Waals surface area contributed by atoms with E-state index < -0.39 is 22.9 Å². The molecule has 96 valence electrons. The van der Waals surface area contributed by atoms with Gasteiger partial charge in [-0.05, 0) is 18.2 Å². The first-order valence-electron chi connectivity index (χ1n) is 4.89. The Morgan fingerprint density at radius 2 is 2.11 bits per heavy atom. The van der Waals surface area contributed by atoms with Gasteiger partial charge in [0.15, 0.2) is 0 Å². The Morgan fingerprint density at radius 1 is 1.42 bits per heavy atom. The first-order chi connectivity index (χ1) is 8.95. The minimum absolute atomic E-state index is 0.0261. The summed E-state index contributed by atoms with van der Waals surface area (Å²) in [5.41, 5.74) is -2.38. The SMILES string of the molecule is N#Cc1cc(Br)ccc1-n1c(O)c(F)c(=O)[nH]c1=O. The van der Waals surface area contributed by atoms with E-state index in [0.717, 1.165) is 0 Å². The molecule has 2 aromatic rings. The Labute approximate surface area is 113 Å². The van der Waals surface area contributed by atoms with Crippen LogP contribution >= 0.6 is 15.9 Å². The van der Waals surface area contributed by atoms with E-state index in [4.69, 9.17) is 5.26 Å². The summed E-state index contributed by atoms with van der Waals surface area (Å²) in [6.07, 6.45) is 0. The van der Waals surface area contributed by atoms with Gasteiger partial charge in [0, 0.05) is 4.47 Å². The number of hydrogen-bond donors (Lipinski definition) is 2. The number of hydrogen-bond acceptors (Lipinski definition) is 4. The van der Waals surface area contributed by atoms with Crippen LogP contribution < -0.4 is 11.2 Å². The second-order valence-corrected chi connectivity index (χ2v) is 4.42. The zero-order valence-corrected chi connectivity index (χ0v) is 10.7. The van der Waals surface area contributed by atoms with Gasteiger partial charge in [-0.1, -0.05) is 15.9 Å². The molecule has 8 heteroatoms. The highest BCUT2D eigenvalue weighted by Crippen LogP contribution is 2.22. The molecule has 0 bridgehead atoms. The number of halogens is 2. The highest BCUT2D eigenvalue weighted by Gasteiger charge is 2.17. The van der Waals surface area contributed by atoms with Crippen LogP contribution in [0.5, 0.6) is 5.88 Å². The largest absolute Gasteiger partial charge is 0.492 e. The normalized spacial score (nSPS) is 10.2. The van der Waals surface area contributed by atoms with Gasteiger partial charge in [-0.2, -0.15) is 9.65 Å². The summed E-state index contributed by atoms with van der Waals surface area (Å²) in [7, 11) is 0. The lowest BCUT2D eigenvalue weighted by Crippen LogP contribution is -2.31. The Bertz CT molecular complexity index is 819. The van der Waals surface area contributed by atoms with Gasteiger partial charge in [0.1, 0.15) is 6.07 Å². The number of nitriles is 1. The van der Waals surface area contributed by atoms with Gasteiger partial charge >= 0.3 is 5.69 Å². The lowest BCUT2D eigenvalue weighted by Gasteiger charge is -2.09. The van der Waals surface area contributed by atoms with Gasteiger partial charge in [-0.25, -0.2) is 9.36 Å². The number of aromatic amines is 1. The zero-order valence-electron chi connectivity index (χ0n) is 9.15. The van der Waals surface area contributed by atoms with Crippen molar-refractivity contribution >= 4 is 15.9 Å². The standard InChI is InChI=1S/C11H5BrFN3O3/c12-6-1-2-7(5(3-6)4-14)16-10(18)8(13)9(17)15-11(16)19/h1-3,18H,(H,15,17,19). The second kappa shape index (κ2) is 4.70. The predicted molar refractivity (Wildman–Crippen MR) is 66.7 cm³/mol. The quantitative estimate of drug-likeness (QED) is 0.817. The van der Waals surface area contributed by atoms with Crippen molar-refractivity contribution in [2.75, 3.05) is 0 Å². The minimum atomic E-state index is -1.49. The molecule has 1 heterocycles. The third-order valence-corrected chi connectivity index (χ3v) is 2.84. The van der Waals surface area contributed by atoms with E-state index in [0.29, 0.717) is 9.04 Å². The minimum Gasteiger partial charge on any atom is -0.492 e. The van der Waals surface area contributed by atoms with Crippen molar-refractivity contribution in [1.29, 1.82) is 5.26 Å². The smallest absolute Gasteiger partial charge is 0.335 e. The summed E-state index contributed by atoms with van der Waals surface area (Å²) >= 11 is 3.14. The van der Waals surface area contributed by atoms with Gasteiger partial charge in [0.25, 0.3) is 5.56 Å². The van der Waals surface area contributed by atoms with E-state index in [9.17, 15) is 19.1 Å². The van der Waals surface area contributed by atoms with Gasteiger partial charge in [-0.15, -0.1) is 0 Å². The number of aromatic hydroxyl groups is 1. The molecule has 2 rings (SSSR count). The molecule has 0 radical (unpaired) electrons. The first-order valence-corrected chi connectivity index (χ1v) is 5.69. The van der Waals surface area contributed by atoms with Crippen molar-refractivity contribution in [3.05, 3.63) is 54.9 Å². The van der Waals surface area contributed by atoms with Gasteiger partial charge in [0.05, 0.1) is 11.3 Å². The number of nitrogens with zero attached hydrogens (tertiary/aromatic N) is 2. The summed E-state index contributed by atoms with van der Waals surface area (Å²) in [5.74, 6) is -2.64. The van der Waals surface area contributed by atoms with Crippen LogP contribution in [-0.4, -0.2) is 14.7 Å². The Morgan fingerprint density at radius 3 is 2.74 bits per heavy atom. The summed E-state index contributed by atoms with van der Waals surface area (Å²) in [6, 6.07) is 6.04. The maximum atomic E-state index is 13.3. The topological polar surface area (TPSA) is 98.9 Å². The average Bonchev–Trinajstić information content (AvgIpc) is 2.37. The maximum absolute atomic E-state index is 13.3. The maximum Gasteiger partial charge on any atom is 0.335 e.